The molecule has 0 spiro atoms. The van der Waals surface area contributed by atoms with Gasteiger partial charge in [-0.1, -0.05) is 5.16 Å². The smallest absolute Gasteiger partial charge is 0.317 e. The van der Waals surface area contributed by atoms with Crippen LogP contribution in [0.3, 0.4) is 0 Å². The maximum atomic E-state index is 11.8. The number of hydrogen-bond donors (Lipinski definition) is 2. The summed E-state index contributed by atoms with van der Waals surface area (Å²) < 4.78 is 4.88. The summed E-state index contributed by atoms with van der Waals surface area (Å²) in [5.41, 5.74) is 0.648. The molecule has 7 heteroatoms. The van der Waals surface area contributed by atoms with Gasteiger partial charge in [0.2, 0.25) is 0 Å². The molecule has 2 amide bonds. The second-order valence-corrected chi connectivity index (χ2v) is 4.36. The quantitative estimate of drug-likeness (QED) is 0.822. The first-order chi connectivity index (χ1) is 8.56. The minimum Gasteiger partial charge on any atom is -0.481 e. The molecule has 1 aliphatic heterocycles. The van der Waals surface area contributed by atoms with Crippen LogP contribution in [0.4, 0.5) is 4.79 Å². The van der Waals surface area contributed by atoms with Crippen LogP contribution in [0.2, 0.25) is 0 Å². The molecular weight excluding hydrogens is 238 g/mol. The molecule has 0 bridgehead atoms. The van der Waals surface area contributed by atoms with Crippen LogP contribution in [0.15, 0.2) is 10.6 Å². The number of nitrogens with one attached hydrogen (secondary N) is 1. The van der Waals surface area contributed by atoms with Crippen molar-refractivity contribution in [2.24, 2.45) is 5.92 Å². The van der Waals surface area contributed by atoms with E-state index < -0.39 is 11.9 Å². The number of carbonyl (C=O) groups is 2. The van der Waals surface area contributed by atoms with E-state index in [2.05, 4.69) is 10.5 Å². The number of urea groups is 1. The molecule has 1 aliphatic rings. The zero-order valence-corrected chi connectivity index (χ0v) is 10.0. The molecule has 1 aromatic heterocycles. The van der Waals surface area contributed by atoms with E-state index >= 15 is 0 Å². The number of carboxylic acids is 1. The summed E-state index contributed by atoms with van der Waals surface area (Å²) in [4.78, 5) is 24.0. The van der Waals surface area contributed by atoms with Gasteiger partial charge >= 0.3 is 12.0 Å². The molecule has 1 saturated heterocycles. The van der Waals surface area contributed by atoms with Crippen LogP contribution in [0.5, 0.6) is 0 Å². The Morgan fingerprint density at radius 3 is 3.00 bits per heavy atom. The SMILES string of the molecule is Cc1cc(CNC(=O)N2CCC(C(=O)O)C2)no1. The van der Waals surface area contributed by atoms with Gasteiger partial charge in [-0.2, -0.15) is 0 Å². The van der Waals surface area contributed by atoms with E-state index in [1.165, 1.54) is 4.90 Å². The topological polar surface area (TPSA) is 95.7 Å². The van der Waals surface area contributed by atoms with Gasteiger partial charge in [-0.15, -0.1) is 0 Å². The third-order valence-electron chi connectivity index (χ3n) is 2.92. The van der Waals surface area contributed by atoms with E-state index in [1.807, 2.05) is 0 Å². The Morgan fingerprint density at radius 2 is 2.44 bits per heavy atom. The van der Waals surface area contributed by atoms with Gasteiger partial charge < -0.3 is 19.8 Å². The van der Waals surface area contributed by atoms with Crippen molar-refractivity contribution >= 4 is 12.0 Å². The van der Waals surface area contributed by atoms with Crippen LogP contribution in [-0.2, 0) is 11.3 Å². The van der Waals surface area contributed by atoms with Crippen LogP contribution in [0.1, 0.15) is 17.9 Å². The zero-order valence-electron chi connectivity index (χ0n) is 10.0. The Bertz CT molecular complexity index is 457. The first-order valence-corrected chi connectivity index (χ1v) is 5.74. The number of hydrogen-bond acceptors (Lipinski definition) is 4. The van der Waals surface area contributed by atoms with Gasteiger partial charge in [-0.05, 0) is 13.3 Å². The number of aromatic nitrogens is 1. The van der Waals surface area contributed by atoms with E-state index in [-0.39, 0.29) is 19.1 Å². The average molecular weight is 253 g/mol. The third-order valence-corrected chi connectivity index (χ3v) is 2.92. The van der Waals surface area contributed by atoms with Crippen molar-refractivity contribution in [2.75, 3.05) is 13.1 Å². The molecule has 1 aromatic rings. The molecular formula is C11H15N3O4. The first-order valence-electron chi connectivity index (χ1n) is 5.74. The van der Waals surface area contributed by atoms with Crippen molar-refractivity contribution in [1.82, 2.24) is 15.4 Å². The Morgan fingerprint density at radius 1 is 1.67 bits per heavy atom. The molecule has 1 unspecified atom stereocenters. The van der Waals surface area contributed by atoms with Crippen LogP contribution >= 0.6 is 0 Å². The minimum atomic E-state index is -0.850. The first kappa shape index (κ1) is 12.4. The highest BCUT2D eigenvalue weighted by Crippen LogP contribution is 2.16. The fourth-order valence-electron chi connectivity index (χ4n) is 1.93. The number of aliphatic carboxylic acids is 1. The summed E-state index contributed by atoms with van der Waals surface area (Å²) in [6.45, 7) is 2.79. The monoisotopic (exact) mass is 253 g/mol. The van der Waals surface area contributed by atoms with Gasteiger partial charge in [-0.25, -0.2) is 4.79 Å². The van der Waals surface area contributed by atoms with Gasteiger partial charge in [0.1, 0.15) is 11.5 Å². The van der Waals surface area contributed by atoms with Crippen LogP contribution in [0.25, 0.3) is 0 Å². The van der Waals surface area contributed by atoms with Crippen LogP contribution < -0.4 is 5.32 Å². The number of carbonyl (C=O) groups excluding carboxylic acids is 1. The molecule has 2 rings (SSSR count). The van der Waals surface area contributed by atoms with Crippen molar-refractivity contribution in [3.05, 3.63) is 17.5 Å². The lowest BCUT2D eigenvalue weighted by atomic mass is 10.1. The molecule has 0 saturated carbocycles. The van der Waals surface area contributed by atoms with Crippen LogP contribution in [-0.4, -0.2) is 40.3 Å². The molecule has 0 radical (unpaired) electrons. The Balaban J connectivity index is 1.80. The largest absolute Gasteiger partial charge is 0.481 e. The lowest BCUT2D eigenvalue weighted by Gasteiger charge is -2.15. The standard InChI is InChI=1S/C11H15N3O4/c1-7-4-9(13-18-7)5-12-11(17)14-3-2-8(6-14)10(15)16/h4,8H,2-3,5-6H2,1H3,(H,12,17)(H,15,16). The number of nitrogens with zero attached hydrogens (tertiary/aromatic N) is 2. The number of rotatable bonds is 3. The summed E-state index contributed by atoms with van der Waals surface area (Å²) >= 11 is 0. The van der Waals surface area contributed by atoms with E-state index in [0.717, 1.165) is 0 Å². The van der Waals surface area contributed by atoms with E-state index in [4.69, 9.17) is 9.63 Å². The fraction of sp³-hybridized carbons (Fsp3) is 0.545. The van der Waals surface area contributed by atoms with Gasteiger partial charge in [0, 0.05) is 19.2 Å². The fourth-order valence-corrected chi connectivity index (χ4v) is 1.93. The number of carboxylic acid groups (broad SMARTS) is 1. The number of aryl methyl sites for hydroxylation is 1. The summed E-state index contributed by atoms with van der Waals surface area (Å²) in [5.74, 6) is -0.617. The third kappa shape index (κ3) is 2.79. The second-order valence-electron chi connectivity index (χ2n) is 4.36. The van der Waals surface area contributed by atoms with Crippen molar-refractivity contribution in [3.8, 4) is 0 Å². The summed E-state index contributed by atoms with van der Waals surface area (Å²) in [5, 5.41) is 15.3. The summed E-state index contributed by atoms with van der Waals surface area (Å²) in [6, 6.07) is 1.48. The van der Waals surface area contributed by atoms with Gasteiger partial charge in [-0.3, -0.25) is 4.79 Å². The zero-order chi connectivity index (χ0) is 13.1. The summed E-state index contributed by atoms with van der Waals surface area (Å²) in [6.07, 6.45) is 0.506. The predicted octanol–water partition coefficient (Wildman–Crippen LogP) is 0.599. The lowest BCUT2D eigenvalue weighted by Crippen LogP contribution is -2.38. The molecule has 0 aromatic carbocycles. The normalized spacial score (nSPS) is 18.9. The number of likely N-dealkylation sites (tertiary alicyclic amines) is 1. The Labute approximate surface area is 104 Å². The summed E-state index contributed by atoms with van der Waals surface area (Å²) in [7, 11) is 0. The Kier molecular flexibility index (Phi) is 3.50. The molecule has 7 nitrogen and oxygen atoms in total. The van der Waals surface area contributed by atoms with E-state index in [0.29, 0.717) is 24.4 Å². The average Bonchev–Trinajstić information content (AvgIpc) is 2.94. The molecule has 2 N–H and O–H groups in total. The highest BCUT2D eigenvalue weighted by atomic mass is 16.5. The molecule has 18 heavy (non-hydrogen) atoms. The number of amides is 2. The Hall–Kier alpha value is -2.05. The maximum absolute atomic E-state index is 11.8. The molecule has 0 aliphatic carbocycles. The van der Waals surface area contributed by atoms with Crippen molar-refractivity contribution < 1.29 is 19.2 Å². The molecule has 1 fully saturated rings. The van der Waals surface area contributed by atoms with Crippen molar-refractivity contribution in [3.63, 3.8) is 0 Å². The van der Waals surface area contributed by atoms with E-state index in [9.17, 15) is 9.59 Å². The maximum Gasteiger partial charge on any atom is 0.317 e. The predicted molar refractivity (Wildman–Crippen MR) is 60.8 cm³/mol. The highest BCUT2D eigenvalue weighted by molar-refractivity contribution is 5.77. The van der Waals surface area contributed by atoms with Crippen LogP contribution in [0, 0.1) is 12.8 Å². The van der Waals surface area contributed by atoms with E-state index in [1.54, 1.807) is 13.0 Å². The lowest BCUT2D eigenvalue weighted by molar-refractivity contribution is -0.141. The van der Waals surface area contributed by atoms with Crippen molar-refractivity contribution in [1.29, 1.82) is 0 Å². The molecule has 98 valence electrons. The molecule has 2 heterocycles. The van der Waals surface area contributed by atoms with Crippen molar-refractivity contribution in [2.45, 2.75) is 19.9 Å². The van der Waals surface area contributed by atoms with Gasteiger partial charge in [0.15, 0.2) is 0 Å². The van der Waals surface area contributed by atoms with Gasteiger partial charge in [0.25, 0.3) is 0 Å². The second kappa shape index (κ2) is 5.07. The van der Waals surface area contributed by atoms with Gasteiger partial charge in [0.05, 0.1) is 12.5 Å². The minimum absolute atomic E-state index is 0.263. The highest BCUT2D eigenvalue weighted by Gasteiger charge is 2.30. The molecule has 1 atom stereocenters.